The molecular weight excluding hydrogens is 224 g/mol. The van der Waals surface area contributed by atoms with Crippen LogP contribution in [-0.2, 0) is 11.3 Å². The minimum Gasteiger partial charge on any atom is -0.380 e. The van der Waals surface area contributed by atoms with E-state index in [0.717, 1.165) is 26.1 Å². The van der Waals surface area contributed by atoms with Crippen LogP contribution in [0.15, 0.2) is 24.3 Å². The van der Waals surface area contributed by atoms with Gasteiger partial charge in [0.2, 0.25) is 0 Å². The molecule has 18 heavy (non-hydrogen) atoms. The molecule has 0 aromatic heterocycles. The first kappa shape index (κ1) is 13.4. The van der Waals surface area contributed by atoms with Gasteiger partial charge >= 0.3 is 0 Å². The molecule has 0 saturated carbocycles. The molecule has 0 aliphatic carbocycles. The number of hydrogen-bond donors (Lipinski definition) is 1. The summed E-state index contributed by atoms with van der Waals surface area (Å²) in [5.74, 6) is 0. The normalized spacial score (nSPS) is 24.3. The van der Waals surface area contributed by atoms with Crippen molar-refractivity contribution in [2.24, 2.45) is 0 Å². The fourth-order valence-electron chi connectivity index (χ4n) is 2.48. The maximum Gasteiger partial charge on any atom is 0.0713 e. The summed E-state index contributed by atoms with van der Waals surface area (Å²) in [4.78, 5) is 2.47. The lowest BCUT2D eigenvalue weighted by atomic mass is 9.95. The number of nitrogens with zero attached hydrogens (tertiary/aromatic N) is 1. The van der Waals surface area contributed by atoms with Crippen molar-refractivity contribution in [3.8, 4) is 0 Å². The highest BCUT2D eigenvalue weighted by Gasteiger charge is 2.28. The predicted octanol–water partition coefficient (Wildman–Crippen LogP) is 2.41. The molecule has 0 radical (unpaired) electrons. The Hall–Kier alpha value is -1.06. The molecule has 1 saturated heterocycles. The molecule has 1 aromatic rings. The van der Waals surface area contributed by atoms with E-state index in [0.29, 0.717) is 6.61 Å². The first-order valence-corrected chi connectivity index (χ1v) is 6.75. The summed E-state index contributed by atoms with van der Waals surface area (Å²) in [6, 6.07) is 8.72. The molecule has 1 unspecified atom stereocenters. The van der Waals surface area contributed by atoms with E-state index in [1.165, 1.54) is 11.3 Å². The van der Waals surface area contributed by atoms with Gasteiger partial charge in [0.1, 0.15) is 0 Å². The van der Waals surface area contributed by atoms with Crippen LogP contribution in [0.3, 0.4) is 0 Å². The second-order valence-corrected chi connectivity index (χ2v) is 5.36. The van der Waals surface area contributed by atoms with Crippen molar-refractivity contribution >= 4 is 5.69 Å². The fraction of sp³-hybridized carbons (Fsp3) is 0.600. The molecule has 100 valence electrons. The molecule has 0 amide bonds. The largest absolute Gasteiger partial charge is 0.380 e. The SMILES string of the molecule is CCC1(C)CN(c2ccc(COC)cc2)CCN1. The first-order valence-electron chi connectivity index (χ1n) is 6.75. The molecule has 1 atom stereocenters. The standard InChI is InChI=1S/C15H24N2O/c1-4-15(2)12-17(10-9-16-15)14-7-5-13(6-8-14)11-18-3/h5-8,16H,4,9-12H2,1-3H3. The summed E-state index contributed by atoms with van der Waals surface area (Å²) in [7, 11) is 1.73. The lowest BCUT2D eigenvalue weighted by Crippen LogP contribution is -2.58. The Kier molecular flexibility index (Phi) is 4.25. The summed E-state index contributed by atoms with van der Waals surface area (Å²) in [5.41, 5.74) is 2.79. The van der Waals surface area contributed by atoms with E-state index >= 15 is 0 Å². The molecule has 1 aliphatic heterocycles. The molecule has 2 rings (SSSR count). The van der Waals surface area contributed by atoms with Crippen LogP contribution in [0, 0.1) is 0 Å². The van der Waals surface area contributed by atoms with E-state index < -0.39 is 0 Å². The number of piperazine rings is 1. The molecule has 3 nitrogen and oxygen atoms in total. The van der Waals surface area contributed by atoms with E-state index in [4.69, 9.17) is 4.74 Å². The van der Waals surface area contributed by atoms with Crippen LogP contribution in [0.1, 0.15) is 25.8 Å². The Morgan fingerprint density at radius 1 is 1.33 bits per heavy atom. The number of nitrogens with one attached hydrogen (secondary N) is 1. The van der Waals surface area contributed by atoms with Crippen molar-refractivity contribution in [2.45, 2.75) is 32.4 Å². The summed E-state index contributed by atoms with van der Waals surface area (Å²) >= 11 is 0. The molecule has 1 aromatic carbocycles. The first-order chi connectivity index (χ1) is 8.67. The average Bonchev–Trinajstić information content (AvgIpc) is 2.40. The van der Waals surface area contributed by atoms with E-state index in [2.05, 4.69) is 48.3 Å². The number of anilines is 1. The Labute approximate surface area is 110 Å². The van der Waals surface area contributed by atoms with Gasteiger partial charge in [-0.2, -0.15) is 0 Å². The van der Waals surface area contributed by atoms with Crippen molar-refractivity contribution < 1.29 is 4.74 Å². The maximum atomic E-state index is 5.14. The van der Waals surface area contributed by atoms with Crippen molar-refractivity contribution in [1.29, 1.82) is 0 Å². The number of ether oxygens (including phenoxy) is 1. The molecule has 1 heterocycles. The Bertz CT molecular complexity index is 377. The monoisotopic (exact) mass is 248 g/mol. The van der Waals surface area contributed by atoms with Crippen molar-refractivity contribution in [3.63, 3.8) is 0 Å². The maximum absolute atomic E-state index is 5.14. The lowest BCUT2D eigenvalue weighted by molar-refractivity contribution is 0.185. The second kappa shape index (κ2) is 5.72. The summed E-state index contributed by atoms with van der Waals surface area (Å²) in [6.45, 7) is 8.46. The van der Waals surface area contributed by atoms with Crippen LogP contribution in [0.25, 0.3) is 0 Å². The van der Waals surface area contributed by atoms with Crippen LogP contribution in [0.4, 0.5) is 5.69 Å². The van der Waals surface area contributed by atoms with Gasteiger partial charge in [-0.25, -0.2) is 0 Å². The lowest BCUT2D eigenvalue weighted by Gasteiger charge is -2.42. The molecule has 1 fully saturated rings. The van der Waals surface area contributed by atoms with Gasteiger partial charge < -0.3 is 15.0 Å². The molecule has 1 aliphatic rings. The van der Waals surface area contributed by atoms with Crippen LogP contribution < -0.4 is 10.2 Å². The van der Waals surface area contributed by atoms with Crippen LogP contribution in [-0.4, -0.2) is 32.3 Å². The van der Waals surface area contributed by atoms with Crippen molar-refractivity contribution in [2.75, 3.05) is 31.6 Å². The van der Waals surface area contributed by atoms with Crippen LogP contribution in [0.2, 0.25) is 0 Å². The van der Waals surface area contributed by atoms with E-state index in [-0.39, 0.29) is 5.54 Å². The van der Waals surface area contributed by atoms with Gasteiger partial charge in [-0.1, -0.05) is 19.1 Å². The fourth-order valence-corrected chi connectivity index (χ4v) is 2.48. The third-order valence-electron chi connectivity index (χ3n) is 3.87. The third-order valence-corrected chi connectivity index (χ3v) is 3.87. The molecule has 0 spiro atoms. The van der Waals surface area contributed by atoms with Gasteiger partial charge in [-0.3, -0.25) is 0 Å². The zero-order valence-corrected chi connectivity index (χ0v) is 11.7. The van der Waals surface area contributed by atoms with Crippen LogP contribution >= 0.6 is 0 Å². The van der Waals surface area contributed by atoms with Crippen molar-refractivity contribution in [3.05, 3.63) is 29.8 Å². The van der Waals surface area contributed by atoms with E-state index in [1.54, 1.807) is 7.11 Å². The minimum atomic E-state index is 0.240. The highest BCUT2D eigenvalue weighted by atomic mass is 16.5. The quantitative estimate of drug-likeness (QED) is 0.885. The average molecular weight is 248 g/mol. The Balaban J connectivity index is 2.06. The zero-order chi connectivity index (χ0) is 13.0. The van der Waals surface area contributed by atoms with Gasteiger partial charge in [0.15, 0.2) is 0 Å². The minimum absolute atomic E-state index is 0.240. The zero-order valence-electron chi connectivity index (χ0n) is 11.7. The number of benzene rings is 1. The number of rotatable bonds is 4. The van der Waals surface area contributed by atoms with Gasteiger partial charge in [0.25, 0.3) is 0 Å². The van der Waals surface area contributed by atoms with Crippen molar-refractivity contribution in [1.82, 2.24) is 5.32 Å². The second-order valence-electron chi connectivity index (χ2n) is 5.36. The summed E-state index contributed by atoms with van der Waals surface area (Å²) in [5, 5.41) is 3.61. The van der Waals surface area contributed by atoms with Gasteiger partial charge in [0, 0.05) is 38.0 Å². The Morgan fingerprint density at radius 2 is 2.06 bits per heavy atom. The molecule has 3 heteroatoms. The van der Waals surface area contributed by atoms with Gasteiger partial charge in [0.05, 0.1) is 6.61 Å². The van der Waals surface area contributed by atoms with E-state index in [1.807, 2.05) is 0 Å². The summed E-state index contributed by atoms with van der Waals surface area (Å²) in [6.07, 6.45) is 1.16. The molecule has 0 bridgehead atoms. The Morgan fingerprint density at radius 3 is 2.67 bits per heavy atom. The summed E-state index contributed by atoms with van der Waals surface area (Å²) < 4.78 is 5.14. The predicted molar refractivity (Wildman–Crippen MR) is 76.1 cm³/mol. The highest BCUT2D eigenvalue weighted by Crippen LogP contribution is 2.22. The molecule has 1 N–H and O–H groups in total. The smallest absolute Gasteiger partial charge is 0.0713 e. The van der Waals surface area contributed by atoms with Gasteiger partial charge in [-0.05, 0) is 31.0 Å². The molecular formula is C15H24N2O. The highest BCUT2D eigenvalue weighted by molar-refractivity contribution is 5.48. The van der Waals surface area contributed by atoms with Crippen LogP contribution in [0.5, 0.6) is 0 Å². The van der Waals surface area contributed by atoms with E-state index in [9.17, 15) is 0 Å². The topological polar surface area (TPSA) is 24.5 Å². The number of hydrogen-bond acceptors (Lipinski definition) is 3. The van der Waals surface area contributed by atoms with Gasteiger partial charge in [-0.15, -0.1) is 0 Å². The third kappa shape index (κ3) is 3.03. The number of methoxy groups -OCH3 is 1.